The number of alkyl halides is 2. The molecule has 3 aliphatic rings. The van der Waals surface area contributed by atoms with Crippen LogP contribution in [0.15, 0.2) is 66.7 Å². The molecule has 6 rings (SSSR count). The summed E-state index contributed by atoms with van der Waals surface area (Å²) in [5.41, 5.74) is 6.40. The van der Waals surface area contributed by atoms with Crippen molar-refractivity contribution in [2.75, 3.05) is 36.4 Å². The Labute approximate surface area is 311 Å². The van der Waals surface area contributed by atoms with E-state index in [0.717, 1.165) is 74.8 Å². The number of benzene rings is 3. The molecule has 2 saturated carbocycles. The summed E-state index contributed by atoms with van der Waals surface area (Å²) in [6.07, 6.45) is 7.30. The molecule has 5 atom stereocenters. The number of rotatable bonds is 14. The van der Waals surface area contributed by atoms with Gasteiger partial charge in [-0.05, 0) is 129 Å². The normalized spacial score (nSPS) is 23.4. The number of nitrogens with zero attached hydrogens (tertiary/aromatic N) is 1. The third kappa shape index (κ3) is 8.41. The molecule has 9 heteroatoms. The lowest BCUT2D eigenvalue weighted by molar-refractivity contribution is -0.168. The smallest absolute Gasteiger partial charge is 0.344 e. The minimum atomic E-state index is -0.464. The Hall–Kier alpha value is -3.55. The number of carbonyl (C=O) groups excluding carboxylic acids is 3. The van der Waals surface area contributed by atoms with Gasteiger partial charge < -0.3 is 19.1 Å². The Balaban J connectivity index is 0.968. The van der Waals surface area contributed by atoms with Crippen LogP contribution < -0.4 is 9.64 Å². The van der Waals surface area contributed by atoms with Crippen molar-refractivity contribution >= 4 is 46.8 Å². The molecule has 0 amide bonds. The van der Waals surface area contributed by atoms with E-state index in [4.69, 9.17) is 37.4 Å². The summed E-state index contributed by atoms with van der Waals surface area (Å²) in [7, 11) is 0. The maximum Gasteiger partial charge on any atom is 0.344 e. The van der Waals surface area contributed by atoms with E-state index >= 15 is 0 Å². The van der Waals surface area contributed by atoms with E-state index in [9.17, 15) is 14.4 Å². The fraction of sp³-hybridized carbons (Fsp3) is 0.500. The molecule has 3 aromatic carbocycles. The first-order valence-electron chi connectivity index (χ1n) is 18.4. The van der Waals surface area contributed by atoms with Crippen molar-refractivity contribution in [1.29, 1.82) is 0 Å². The van der Waals surface area contributed by atoms with Crippen molar-refractivity contribution in [3.63, 3.8) is 0 Å². The highest BCUT2D eigenvalue weighted by Crippen LogP contribution is 2.62. The number of hydrogen-bond donors (Lipinski definition) is 0. The highest BCUT2D eigenvalue weighted by Gasteiger charge is 2.56. The Morgan fingerprint density at radius 1 is 0.882 bits per heavy atom. The molecule has 51 heavy (non-hydrogen) atoms. The molecule has 0 saturated heterocycles. The van der Waals surface area contributed by atoms with Gasteiger partial charge in [0.05, 0.1) is 5.56 Å². The summed E-state index contributed by atoms with van der Waals surface area (Å²) in [6.45, 7) is 5.47. The summed E-state index contributed by atoms with van der Waals surface area (Å²) < 4.78 is 17.2. The van der Waals surface area contributed by atoms with Crippen LogP contribution in [0.1, 0.15) is 90.4 Å². The molecule has 3 aliphatic carbocycles. The fourth-order valence-corrected chi connectivity index (χ4v) is 9.51. The van der Waals surface area contributed by atoms with E-state index in [0.29, 0.717) is 47.2 Å². The van der Waals surface area contributed by atoms with Crippen LogP contribution >= 0.6 is 23.2 Å². The van der Waals surface area contributed by atoms with Crippen molar-refractivity contribution in [3.8, 4) is 5.75 Å². The molecular formula is C42H49Cl2NO6. The maximum atomic E-state index is 12.9. The quantitative estimate of drug-likeness (QED) is 0.0931. The lowest BCUT2D eigenvalue weighted by Crippen LogP contribution is -2.45. The first-order valence-corrected chi connectivity index (χ1v) is 19.5. The number of carbonyl (C=O) groups is 3. The van der Waals surface area contributed by atoms with Crippen LogP contribution in [-0.4, -0.2) is 55.5 Å². The van der Waals surface area contributed by atoms with Crippen LogP contribution in [0, 0.1) is 24.2 Å². The van der Waals surface area contributed by atoms with E-state index in [1.807, 2.05) is 24.3 Å². The Kier molecular flexibility index (Phi) is 12.3. The van der Waals surface area contributed by atoms with E-state index in [1.54, 1.807) is 12.1 Å². The van der Waals surface area contributed by atoms with E-state index < -0.39 is 5.97 Å². The van der Waals surface area contributed by atoms with Crippen LogP contribution in [0.4, 0.5) is 5.69 Å². The topological polar surface area (TPSA) is 82.1 Å². The number of anilines is 1. The zero-order valence-electron chi connectivity index (χ0n) is 29.7. The fourth-order valence-electron chi connectivity index (χ4n) is 9.10. The molecule has 0 N–H and O–H groups in total. The van der Waals surface area contributed by atoms with Gasteiger partial charge in [0.25, 0.3) is 0 Å². The lowest BCUT2D eigenvalue weighted by atomic mass is 9.55. The number of aryl methyl sites for hydroxylation is 1. The first-order chi connectivity index (χ1) is 24.7. The second kappa shape index (κ2) is 16.9. The number of fused-ring (bicyclic) bond motifs is 5. The molecule has 2 fully saturated rings. The van der Waals surface area contributed by atoms with Gasteiger partial charge in [-0.2, -0.15) is 0 Å². The molecule has 0 unspecified atom stereocenters. The van der Waals surface area contributed by atoms with Crippen molar-refractivity contribution in [1.82, 2.24) is 0 Å². The Morgan fingerprint density at radius 2 is 1.63 bits per heavy atom. The third-order valence-corrected chi connectivity index (χ3v) is 12.1. The summed E-state index contributed by atoms with van der Waals surface area (Å²) >= 11 is 11.9. The minimum absolute atomic E-state index is 0.0982. The van der Waals surface area contributed by atoms with Gasteiger partial charge in [-0.25, -0.2) is 9.59 Å². The van der Waals surface area contributed by atoms with Gasteiger partial charge in [0, 0.05) is 42.4 Å². The first kappa shape index (κ1) is 37.2. The van der Waals surface area contributed by atoms with Crippen LogP contribution in [-0.2, 0) is 31.9 Å². The van der Waals surface area contributed by atoms with E-state index in [2.05, 4.69) is 49.1 Å². The maximum absolute atomic E-state index is 12.9. The monoisotopic (exact) mass is 733 g/mol. The number of ether oxygens (including phenoxy) is 3. The largest absolute Gasteiger partial charge is 0.459 e. The van der Waals surface area contributed by atoms with Crippen LogP contribution in [0.5, 0.6) is 5.75 Å². The van der Waals surface area contributed by atoms with Gasteiger partial charge >= 0.3 is 17.9 Å². The average Bonchev–Trinajstić information content (AvgIpc) is 3.47. The third-order valence-electron chi connectivity index (χ3n) is 11.8. The lowest BCUT2D eigenvalue weighted by Gasteiger charge is -2.50. The van der Waals surface area contributed by atoms with Crippen LogP contribution in [0.2, 0.25) is 0 Å². The van der Waals surface area contributed by atoms with Gasteiger partial charge in [0.2, 0.25) is 0 Å². The molecule has 272 valence electrons. The van der Waals surface area contributed by atoms with Gasteiger partial charge in [-0.3, -0.25) is 4.79 Å². The van der Waals surface area contributed by atoms with Gasteiger partial charge in [-0.1, -0.05) is 43.3 Å². The summed E-state index contributed by atoms with van der Waals surface area (Å²) in [5.74, 6) is 1.93. The molecule has 7 nitrogen and oxygen atoms in total. The number of esters is 3. The van der Waals surface area contributed by atoms with Gasteiger partial charge in [0.1, 0.15) is 11.9 Å². The zero-order chi connectivity index (χ0) is 36.0. The number of hydrogen-bond acceptors (Lipinski definition) is 7. The highest BCUT2D eigenvalue weighted by atomic mass is 35.5. The molecule has 0 spiro atoms. The van der Waals surface area contributed by atoms with Crippen LogP contribution in [0.3, 0.4) is 0 Å². The Bertz CT molecular complexity index is 1670. The summed E-state index contributed by atoms with van der Waals surface area (Å²) in [5, 5.41) is 0. The van der Waals surface area contributed by atoms with Crippen molar-refractivity contribution in [2.45, 2.75) is 83.7 Å². The van der Waals surface area contributed by atoms with Gasteiger partial charge in [0.15, 0.2) is 6.61 Å². The average molecular weight is 735 g/mol. The predicted molar refractivity (Wildman–Crippen MR) is 201 cm³/mol. The van der Waals surface area contributed by atoms with Crippen LogP contribution in [0.25, 0.3) is 0 Å². The van der Waals surface area contributed by atoms with E-state index in [-0.39, 0.29) is 36.5 Å². The molecular weight excluding hydrogens is 685 g/mol. The highest BCUT2D eigenvalue weighted by molar-refractivity contribution is 6.18. The second-order valence-electron chi connectivity index (χ2n) is 14.6. The second-order valence-corrected chi connectivity index (χ2v) is 15.3. The predicted octanol–water partition coefficient (Wildman–Crippen LogP) is 8.83. The molecule has 0 aromatic heterocycles. The SMILES string of the molecule is Cc1c(OC(=O)c2ccccc2)ccc2c1CC[C@@H]1[C@@H]2CC[C@]2(C)[C@@H](OC(=O)COC(=O)CCCc3ccc(N(CCCl)CCCl)cc3)CC[C@@H]12. The Morgan fingerprint density at radius 3 is 2.35 bits per heavy atom. The molecule has 0 aliphatic heterocycles. The van der Waals surface area contributed by atoms with Crippen molar-refractivity contribution in [3.05, 3.63) is 94.5 Å². The molecule has 0 radical (unpaired) electrons. The van der Waals surface area contributed by atoms with Crippen molar-refractivity contribution < 1.29 is 28.6 Å². The minimum Gasteiger partial charge on any atom is -0.459 e. The van der Waals surface area contributed by atoms with Gasteiger partial charge in [-0.15, -0.1) is 23.2 Å². The molecule has 0 bridgehead atoms. The summed E-state index contributed by atoms with van der Waals surface area (Å²) in [4.78, 5) is 40.3. The molecule has 0 heterocycles. The molecule has 3 aromatic rings. The zero-order valence-corrected chi connectivity index (χ0v) is 31.2. The van der Waals surface area contributed by atoms with Crippen molar-refractivity contribution in [2.24, 2.45) is 17.3 Å². The van der Waals surface area contributed by atoms with E-state index in [1.165, 1.54) is 11.1 Å². The standard InChI is InChI=1S/C42H49Cl2NO6/c1-28-32-15-16-35-34(33(32)17-19-37(28)50-41(48)30-8-4-3-5-9-30)21-22-42(2)36(35)18-20-38(42)51-40(47)27-49-39(46)10-6-7-29-11-13-31(14-12-29)45(25-23-43)26-24-44/h3-5,8-9,11-14,17,19,34-36,38H,6-7,10,15-16,18,20-27H2,1-2H3/t34-,35-,36+,38+,42+/m1/s1. The summed E-state index contributed by atoms with van der Waals surface area (Å²) in [6, 6.07) is 21.5. The number of halogens is 2.